The Balaban J connectivity index is 3.98. The van der Waals surface area contributed by atoms with Gasteiger partial charge in [-0.3, -0.25) is 0 Å². The fourth-order valence-electron chi connectivity index (χ4n) is 1.33. The van der Waals surface area contributed by atoms with Gasteiger partial charge in [0.1, 0.15) is 0 Å². The van der Waals surface area contributed by atoms with Crippen molar-refractivity contribution in [3.63, 3.8) is 0 Å². The third-order valence-electron chi connectivity index (χ3n) is 2.22. The number of alkyl halides is 8. The molecule has 0 N–H and O–H groups in total. The first kappa shape index (κ1) is 18.8. The minimum atomic E-state index is -5.78. The minimum Gasteiger partial charge on any atom is -0.203 e. The van der Waals surface area contributed by atoms with Gasteiger partial charge in [0.2, 0.25) is 0 Å². The van der Waals surface area contributed by atoms with E-state index in [1.54, 1.807) is 0 Å². The van der Waals surface area contributed by atoms with Crippen molar-refractivity contribution >= 4 is 38.5 Å². The standard InChI is InChI=1S/C9BrF10I/c10-9(19,20)7(15,16)1-2(8(17,18)21)4(12)6(14)5(13)3(1)11. The molecule has 0 aliphatic rings. The molecule has 21 heavy (non-hydrogen) atoms. The van der Waals surface area contributed by atoms with Crippen molar-refractivity contribution in [2.24, 2.45) is 0 Å². The summed E-state index contributed by atoms with van der Waals surface area (Å²) in [4.78, 5) is -5.33. The molecule has 0 fully saturated rings. The van der Waals surface area contributed by atoms with Crippen molar-refractivity contribution in [3.8, 4) is 0 Å². The van der Waals surface area contributed by atoms with Crippen LogP contribution in [0.25, 0.3) is 0 Å². The Labute approximate surface area is 131 Å². The van der Waals surface area contributed by atoms with Crippen molar-refractivity contribution in [1.29, 1.82) is 0 Å². The lowest BCUT2D eigenvalue weighted by Crippen LogP contribution is -2.36. The second kappa shape index (κ2) is 5.42. The van der Waals surface area contributed by atoms with E-state index in [0.29, 0.717) is 0 Å². The van der Waals surface area contributed by atoms with Crippen LogP contribution in [0.1, 0.15) is 11.1 Å². The van der Waals surface area contributed by atoms with Gasteiger partial charge in [-0.15, -0.1) is 0 Å². The van der Waals surface area contributed by atoms with E-state index in [1.807, 2.05) is 0 Å². The Bertz CT molecular complexity index is 574. The minimum absolute atomic E-state index is 0.0157. The summed E-state index contributed by atoms with van der Waals surface area (Å²) in [7, 11) is 0. The zero-order valence-corrected chi connectivity index (χ0v) is 12.8. The molecule has 0 saturated carbocycles. The van der Waals surface area contributed by atoms with Gasteiger partial charge < -0.3 is 0 Å². The topological polar surface area (TPSA) is 0 Å². The normalized spacial score (nSPS) is 13.7. The van der Waals surface area contributed by atoms with Crippen LogP contribution < -0.4 is 0 Å². The molecule has 0 unspecified atom stereocenters. The lowest BCUT2D eigenvalue weighted by Gasteiger charge is -2.26. The molecular formula is C9BrF10I. The molecule has 0 aromatic heterocycles. The maximum Gasteiger partial charge on any atom is 0.367 e. The third kappa shape index (κ3) is 3.10. The van der Waals surface area contributed by atoms with Crippen LogP contribution in [-0.2, 0) is 9.85 Å². The number of benzene rings is 1. The molecule has 0 aliphatic heterocycles. The highest BCUT2D eigenvalue weighted by Crippen LogP contribution is 2.53. The molecule has 0 saturated heterocycles. The van der Waals surface area contributed by atoms with Gasteiger partial charge in [0.05, 0.1) is 11.1 Å². The van der Waals surface area contributed by atoms with E-state index >= 15 is 0 Å². The largest absolute Gasteiger partial charge is 0.367 e. The van der Waals surface area contributed by atoms with Crippen LogP contribution in [-0.4, -0.2) is 4.83 Å². The molecular weight excluding hydrogens is 505 g/mol. The molecule has 1 rings (SSSR count). The maximum atomic E-state index is 13.4. The van der Waals surface area contributed by atoms with Gasteiger partial charge in [-0.25, -0.2) is 17.6 Å². The molecule has 0 atom stereocenters. The Morgan fingerprint density at radius 2 is 1.00 bits per heavy atom. The number of hydrogen-bond donors (Lipinski definition) is 0. The van der Waals surface area contributed by atoms with Crippen LogP contribution in [0.4, 0.5) is 43.9 Å². The molecule has 120 valence electrons. The predicted octanol–water partition coefficient (Wildman–Crippen LogP) is 5.81. The molecule has 0 aliphatic carbocycles. The van der Waals surface area contributed by atoms with E-state index in [9.17, 15) is 43.9 Å². The van der Waals surface area contributed by atoms with Gasteiger partial charge in [0.25, 0.3) is 0 Å². The molecule has 0 nitrogen and oxygen atoms in total. The lowest BCUT2D eigenvalue weighted by molar-refractivity contribution is -0.157. The van der Waals surface area contributed by atoms with Crippen LogP contribution in [0.5, 0.6) is 0 Å². The van der Waals surface area contributed by atoms with Crippen LogP contribution in [0, 0.1) is 23.3 Å². The maximum absolute atomic E-state index is 13.4. The highest BCUT2D eigenvalue weighted by Gasteiger charge is 2.61. The lowest BCUT2D eigenvalue weighted by atomic mass is 9.99. The van der Waals surface area contributed by atoms with Gasteiger partial charge in [0, 0.05) is 22.6 Å². The summed E-state index contributed by atoms with van der Waals surface area (Å²) in [6, 6.07) is 0. The summed E-state index contributed by atoms with van der Waals surface area (Å²) in [5, 5.41) is 0. The Kier molecular flexibility index (Phi) is 4.85. The van der Waals surface area contributed by atoms with Crippen LogP contribution >= 0.6 is 38.5 Å². The molecule has 0 bridgehead atoms. The van der Waals surface area contributed by atoms with Crippen molar-refractivity contribution in [1.82, 2.24) is 0 Å². The van der Waals surface area contributed by atoms with Gasteiger partial charge in [0.15, 0.2) is 23.3 Å². The van der Waals surface area contributed by atoms with Crippen molar-refractivity contribution in [2.75, 3.05) is 0 Å². The molecule has 1 aromatic rings. The molecule has 0 spiro atoms. The zero-order valence-electron chi connectivity index (χ0n) is 9.04. The van der Waals surface area contributed by atoms with Gasteiger partial charge in [-0.1, -0.05) is 0 Å². The number of rotatable bonds is 3. The third-order valence-corrected chi connectivity index (χ3v) is 3.26. The summed E-state index contributed by atoms with van der Waals surface area (Å²) in [6.45, 7) is 0. The van der Waals surface area contributed by atoms with Gasteiger partial charge in [-0.2, -0.15) is 26.3 Å². The highest BCUT2D eigenvalue weighted by atomic mass is 127. The van der Waals surface area contributed by atoms with Crippen LogP contribution in [0.15, 0.2) is 0 Å². The first-order valence-electron chi connectivity index (χ1n) is 4.52. The predicted molar refractivity (Wildman–Crippen MR) is 62.0 cm³/mol. The molecule has 0 radical (unpaired) electrons. The second-order valence-electron chi connectivity index (χ2n) is 3.58. The summed E-state index contributed by atoms with van der Waals surface area (Å²) in [6.07, 6.45) is 0. The van der Waals surface area contributed by atoms with E-state index in [0.717, 1.165) is 15.9 Å². The SMILES string of the molecule is Fc1c(F)c(F)c(C(F)(F)C(F)(F)Br)c(C(F)(F)I)c1F. The summed E-state index contributed by atoms with van der Waals surface area (Å²) >= 11 is 1.09. The Hall–Kier alpha value is -0.270. The van der Waals surface area contributed by atoms with Crippen molar-refractivity contribution in [3.05, 3.63) is 34.4 Å². The molecule has 0 heterocycles. The van der Waals surface area contributed by atoms with Gasteiger partial charge >= 0.3 is 14.7 Å². The van der Waals surface area contributed by atoms with E-state index < -0.39 is 49.1 Å². The monoisotopic (exact) mass is 504 g/mol. The fraction of sp³-hybridized carbons (Fsp3) is 0.333. The van der Waals surface area contributed by atoms with E-state index in [2.05, 4.69) is 0 Å². The van der Waals surface area contributed by atoms with Gasteiger partial charge in [-0.05, 0) is 15.9 Å². The molecule has 0 amide bonds. The average molecular weight is 505 g/mol. The smallest absolute Gasteiger partial charge is 0.203 e. The molecule has 1 aromatic carbocycles. The second-order valence-corrected chi connectivity index (χ2v) is 5.93. The first-order valence-corrected chi connectivity index (χ1v) is 6.39. The fourth-order valence-corrected chi connectivity index (χ4v) is 2.04. The van der Waals surface area contributed by atoms with Crippen LogP contribution in [0.2, 0.25) is 0 Å². The number of hydrogen-bond acceptors (Lipinski definition) is 0. The van der Waals surface area contributed by atoms with Crippen molar-refractivity contribution < 1.29 is 43.9 Å². The summed E-state index contributed by atoms with van der Waals surface area (Å²) in [5.74, 6) is -17.4. The zero-order chi connectivity index (χ0) is 17.0. The van der Waals surface area contributed by atoms with E-state index in [-0.39, 0.29) is 22.6 Å². The van der Waals surface area contributed by atoms with Crippen LogP contribution in [0.3, 0.4) is 0 Å². The van der Waals surface area contributed by atoms with E-state index in [1.165, 1.54) is 0 Å². The molecule has 12 heteroatoms. The number of halogens is 12. The summed E-state index contributed by atoms with van der Waals surface area (Å²) < 4.78 is 126. The van der Waals surface area contributed by atoms with E-state index in [4.69, 9.17) is 0 Å². The highest BCUT2D eigenvalue weighted by molar-refractivity contribution is 14.1. The first-order chi connectivity index (χ1) is 9.14. The summed E-state index contributed by atoms with van der Waals surface area (Å²) in [5.41, 5.74) is -5.68. The quantitative estimate of drug-likeness (QED) is 0.160. The Morgan fingerprint density at radius 3 is 1.29 bits per heavy atom. The average Bonchev–Trinajstić information content (AvgIpc) is 2.27. The van der Waals surface area contributed by atoms with Crippen molar-refractivity contribution in [2.45, 2.75) is 14.7 Å². The Morgan fingerprint density at radius 1 is 0.667 bits per heavy atom.